The Bertz CT molecular complexity index is 807. The summed E-state index contributed by atoms with van der Waals surface area (Å²) in [5, 5.41) is 3.85. The number of ether oxygens (including phenoxy) is 2. The van der Waals surface area contributed by atoms with Crippen molar-refractivity contribution in [2.45, 2.75) is 90.1 Å². The number of nitrogens with one attached hydrogen (secondary N) is 1. The quantitative estimate of drug-likeness (QED) is 0.822. The molecule has 1 saturated carbocycles. The van der Waals surface area contributed by atoms with E-state index < -0.39 is 0 Å². The first-order valence-corrected chi connectivity index (χ1v) is 11.8. The summed E-state index contributed by atoms with van der Waals surface area (Å²) in [7, 11) is 0. The molecule has 0 radical (unpaired) electrons. The van der Waals surface area contributed by atoms with Gasteiger partial charge < -0.3 is 19.7 Å². The number of amides is 1. The van der Waals surface area contributed by atoms with Crippen LogP contribution in [-0.2, 0) is 22.5 Å². The van der Waals surface area contributed by atoms with Gasteiger partial charge in [0.1, 0.15) is 5.75 Å². The minimum Gasteiger partial charge on any atom is -0.489 e. The number of hydrogen-bond donors (Lipinski definition) is 1. The van der Waals surface area contributed by atoms with Crippen LogP contribution in [0.1, 0.15) is 64.1 Å². The number of fused-ring (bicyclic) bond motifs is 2. The maximum atomic E-state index is 13.7. The van der Waals surface area contributed by atoms with Gasteiger partial charge in [-0.2, -0.15) is 0 Å². The zero-order valence-electron chi connectivity index (χ0n) is 18.5. The van der Waals surface area contributed by atoms with Gasteiger partial charge in [-0.3, -0.25) is 9.78 Å². The van der Waals surface area contributed by atoms with E-state index in [1.807, 2.05) is 20.0 Å². The van der Waals surface area contributed by atoms with Crippen molar-refractivity contribution in [1.82, 2.24) is 15.2 Å². The lowest BCUT2D eigenvalue weighted by atomic mass is 9.73. The minimum absolute atomic E-state index is 0.122. The highest BCUT2D eigenvalue weighted by Gasteiger charge is 2.60. The molecule has 0 aromatic carbocycles. The van der Waals surface area contributed by atoms with Crippen molar-refractivity contribution in [3.8, 4) is 5.75 Å². The van der Waals surface area contributed by atoms with Gasteiger partial charge in [0.25, 0.3) is 0 Å². The second-order valence-electron chi connectivity index (χ2n) is 10.1. The van der Waals surface area contributed by atoms with E-state index in [1.54, 1.807) is 0 Å². The van der Waals surface area contributed by atoms with Crippen LogP contribution < -0.4 is 10.1 Å². The molecular weight excluding hydrogens is 378 g/mol. The van der Waals surface area contributed by atoms with Gasteiger partial charge in [-0.25, -0.2) is 0 Å². The number of hydrogen-bond acceptors (Lipinski definition) is 5. The molecule has 1 aliphatic carbocycles. The largest absolute Gasteiger partial charge is 0.489 e. The van der Waals surface area contributed by atoms with Gasteiger partial charge in [0.05, 0.1) is 17.7 Å². The van der Waals surface area contributed by atoms with Crippen LogP contribution in [0.25, 0.3) is 0 Å². The Balaban J connectivity index is 1.32. The van der Waals surface area contributed by atoms with Gasteiger partial charge in [0, 0.05) is 50.0 Å². The molecule has 1 spiro atoms. The predicted octanol–water partition coefficient (Wildman–Crippen LogP) is 3.08. The van der Waals surface area contributed by atoms with Crippen molar-refractivity contribution in [2.75, 3.05) is 13.2 Å². The summed E-state index contributed by atoms with van der Waals surface area (Å²) in [4.78, 5) is 20.6. The monoisotopic (exact) mass is 413 g/mol. The minimum atomic E-state index is -0.202. The van der Waals surface area contributed by atoms with E-state index in [2.05, 4.69) is 23.2 Å². The van der Waals surface area contributed by atoms with Crippen molar-refractivity contribution >= 4 is 5.91 Å². The summed E-state index contributed by atoms with van der Waals surface area (Å²) in [6, 6.07) is 3.36. The van der Waals surface area contributed by atoms with Crippen molar-refractivity contribution in [3.05, 3.63) is 23.5 Å². The third-order valence-corrected chi connectivity index (χ3v) is 7.93. The van der Waals surface area contributed by atoms with Gasteiger partial charge in [0.15, 0.2) is 0 Å². The van der Waals surface area contributed by atoms with Gasteiger partial charge in [-0.05, 0) is 63.5 Å². The Hall–Kier alpha value is -1.66. The Kier molecular flexibility index (Phi) is 5.26. The Morgan fingerprint density at radius 1 is 1.27 bits per heavy atom. The smallest absolute Gasteiger partial charge is 0.229 e. The predicted molar refractivity (Wildman–Crippen MR) is 114 cm³/mol. The van der Waals surface area contributed by atoms with E-state index in [0.29, 0.717) is 30.5 Å². The third kappa shape index (κ3) is 3.42. The molecule has 5 rings (SSSR count). The van der Waals surface area contributed by atoms with Gasteiger partial charge in [-0.1, -0.05) is 6.92 Å². The molecule has 6 nitrogen and oxygen atoms in total. The molecule has 1 N–H and O–H groups in total. The van der Waals surface area contributed by atoms with Crippen molar-refractivity contribution in [1.29, 1.82) is 0 Å². The summed E-state index contributed by atoms with van der Waals surface area (Å²) in [6.07, 6.45) is 8.09. The van der Waals surface area contributed by atoms with E-state index in [0.717, 1.165) is 68.7 Å². The number of aromatic nitrogens is 1. The lowest BCUT2D eigenvalue weighted by Crippen LogP contribution is -2.42. The zero-order chi connectivity index (χ0) is 20.9. The van der Waals surface area contributed by atoms with Crippen molar-refractivity contribution in [3.63, 3.8) is 0 Å². The second kappa shape index (κ2) is 7.79. The highest BCUT2D eigenvalue weighted by Crippen LogP contribution is 2.54. The van der Waals surface area contributed by atoms with Crippen LogP contribution >= 0.6 is 0 Å². The first kappa shape index (κ1) is 20.3. The second-order valence-corrected chi connectivity index (χ2v) is 10.1. The normalized spacial score (nSPS) is 33.9. The summed E-state index contributed by atoms with van der Waals surface area (Å²) < 4.78 is 11.3. The Labute approximate surface area is 179 Å². The number of nitrogens with zero attached hydrogens (tertiary/aromatic N) is 2. The summed E-state index contributed by atoms with van der Waals surface area (Å²) >= 11 is 0. The van der Waals surface area contributed by atoms with E-state index in [1.165, 1.54) is 0 Å². The SMILES string of the molecule is CC(C)Oc1cnc2c(c1)CN1C(=O)[C@]3(CC[C@@H](NC4CCOCC4)C3)C(C)C1C2. The molecule has 4 atom stereocenters. The maximum absolute atomic E-state index is 13.7. The number of rotatable bonds is 4. The summed E-state index contributed by atoms with van der Waals surface area (Å²) in [5.74, 6) is 1.54. The summed E-state index contributed by atoms with van der Waals surface area (Å²) in [6.45, 7) is 8.74. The molecule has 1 amide bonds. The topological polar surface area (TPSA) is 63.7 Å². The molecule has 4 aliphatic rings. The average molecular weight is 414 g/mol. The molecule has 2 unspecified atom stereocenters. The number of carbonyl (C=O) groups excluding carboxylic acids is 1. The number of carbonyl (C=O) groups is 1. The highest BCUT2D eigenvalue weighted by molar-refractivity contribution is 5.87. The Morgan fingerprint density at radius 3 is 2.83 bits per heavy atom. The van der Waals surface area contributed by atoms with Crippen LogP contribution in [0.5, 0.6) is 5.75 Å². The fourth-order valence-electron chi connectivity index (χ4n) is 6.32. The summed E-state index contributed by atoms with van der Waals surface area (Å²) in [5.41, 5.74) is 2.09. The van der Waals surface area contributed by atoms with Crippen LogP contribution in [0.3, 0.4) is 0 Å². The first-order chi connectivity index (χ1) is 14.5. The van der Waals surface area contributed by atoms with E-state index in [4.69, 9.17) is 14.5 Å². The van der Waals surface area contributed by atoms with Gasteiger partial charge in [-0.15, -0.1) is 0 Å². The Morgan fingerprint density at radius 2 is 2.07 bits per heavy atom. The third-order valence-electron chi connectivity index (χ3n) is 7.93. The van der Waals surface area contributed by atoms with Crippen molar-refractivity contribution < 1.29 is 14.3 Å². The van der Waals surface area contributed by atoms with Gasteiger partial charge >= 0.3 is 0 Å². The first-order valence-electron chi connectivity index (χ1n) is 11.8. The molecule has 1 aromatic heterocycles. The molecule has 164 valence electrons. The lowest BCUT2D eigenvalue weighted by Gasteiger charge is -2.33. The van der Waals surface area contributed by atoms with E-state index in [-0.39, 0.29) is 17.6 Å². The molecule has 4 heterocycles. The van der Waals surface area contributed by atoms with Crippen LogP contribution in [0.2, 0.25) is 0 Å². The van der Waals surface area contributed by atoms with Crippen LogP contribution in [-0.4, -0.2) is 53.2 Å². The maximum Gasteiger partial charge on any atom is 0.229 e. The van der Waals surface area contributed by atoms with E-state index in [9.17, 15) is 4.79 Å². The molecule has 3 aliphatic heterocycles. The van der Waals surface area contributed by atoms with Crippen LogP contribution in [0, 0.1) is 11.3 Å². The molecule has 6 heteroatoms. The fourth-order valence-corrected chi connectivity index (χ4v) is 6.32. The standard InChI is InChI=1S/C24H35N3O3/c1-15(2)30-20-10-17-14-27-22(11-21(17)25-13-20)16(3)24(23(27)28)7-4-19(12-24)26-18-5-8-29-9-6-18/h10,13,15-16,18-19,22,26H,4-9,11-12,14H2,1-3H3/t16?,19-,22?,24+/m1/s1. The molecule has 30 heavy (non-hydrogen) atoms. The van der Waals surface area contributed by atoms with E-state index >= 15 is 0 Å². The average Bonchev–Trinajstić information content (AvgIpc) is 3.24. The van der Waals surface area contributed by atoms with Gasteiger partial charge in [0.2, 0.25) is 5.91 Å². The molecule has 2 saturated heterocycles. The molecule has 3 fully saturated rings. The number of pyridine rings is 1. The highest BCUT2D eigenvalue weighted by atomic mass is 16.5. The fraction of sp³-hybridized carbons (Fsp3) is 0.750. The molecule has 0 bridgehead atoms. The van der Waals surface area contributed by atoms with Crippen LogP contribution in [0.15, 0.2) is 12.3 Å². The lowest BCUT2D eigenvalue weighted by molar-refractivity contribution is -0.137. The van der Waals surface area contributed by atoms with Crippen LogP contribution in [0.4, 0.5) is 0 Å². The van der Waals surface area contributed by atoms with Crippen molar-refractivity contribution in [2.24, 2.45) is 11.3 Å². The zero-order valence-corrected chi connectivity index (χ0v) is 18.5. The molecular formula is C24H35N3O3. The molecule has 1 aromatic rings.